The largest absolute Gasteiger partial charge is 0.465 e. The Morgan fingerprint density at radius 1 is 1.39 bits per heavy atom. The fraction of sp³-hybridized carbons (Fsp3) is 0.190. The second kappa shape index (κ2) is 8.15. The van der Waals surface area contributed by atoms with Crippen molar-refractivity contribution >= 4 is 29.1 Å². The van der Waals surface area contributed by atoms with E-state index in [9.17, 15) is 19.7 Å². The van der Waals surface area contributed by atoms with Crippen molar-refractivity contribution in [3.63, 3.8) is 0 Å². The van der Waals surface area contributed by atoms with Crippen molar-refractivity contribution in [2.75, 3.05) is 6.61 Å². The van der Waals surface area contributed by atoms with Crippen LogP contribution in [0.15, 0.2) is 68.1 Å². The molecule has 1 aromatic carbocycles. The molecule has 0 unspecified atom stereocenters. The number of rotatable bonds is 5. The molecule has 9 nitrogen and oxygen atoms in total. The zero-order valence-electron chi connectivity index (χ0n) is 16.6. The highest BCUT2D eigenvalue weighted by Crippen LogP contribution is 2.32. The second-order valence-electron chi connectivity index (χ2n) is 6.67. The van der Waals surface area contributed by atoms with Crippen LogP contribution in [0.5, 0.6) is 0 Å². The number of furan rings is 1. The molecule has 31 heavy (non-hydrogen) atoms. The Balaban J connectivity index is 1.99. The van der Waals surface area contributed by atoms with E-state index in [4.69, 9.17) is 9.15 Å². The van der Waals surface area contributed by atoms with Gasteiger partial charge in [0, 0.05) is 18.2 Å². The quantitative estimate of drug-likeness (QED) is 0.342. The molecule has 0 fully saturated rings. The van der Waals surface area contributed by atoms with E-state index < -0.39 is 16.9 Å². The molecule has 1 atom stereocenters. The first-order valence-electron chi connectivity index (χ1n) is 9.38. The summed E-state index contributed by atoms with van der Waals surface area (Å²) >= 11 is 1.15. The summed E-state index contributed by atoms with van der Waals surface area (Å²) in [5.41, 5.74) is 0.441. The van der Waals surface area contributed by atoms with Crippen molar-refractivity contribution in [1.82, 2.24) is 4.57 Å². The number of hydrogen-bond acceptors (Lipinski definition) is 8. The van der Waals surface area contributed by atoms with Crippen molar-refractivity contribution in [3.8, 4) is 0 Å². The molecular weight excluding hydrogens is 422 g/mol. The fourth-order valence-electron chi connectivity index (χ4n) is 3.42. The molecule has 0 amide bonds. The van der Waals surface area contributed by atoms with Crippen LogP contribution in [0.4, 0.5) is 5.69 Å². The first-order valence-corrected chi connectivity index (χ1v) is 10.2. The number of aromatic nitrogens is 1. The van der Waals surface area contributed by atoms with Crippen LogP contribution in [-0.2, 0) is 9.53 Å². The Morgan fingerprint density at radius 2 is 2.19 bits per heavy atom. The fourth-order valence-corrected chi connectivity index (χ4v) is 4.44. The molecule has 0 saturated carbocycles. The van der Waals surface area contributed by atoms with Gasteiger partial charge in [-0.2, -0.15) is 0 Å². The lowest BCUT2D eigenvalue weighted by molar-refractivity contribution is -0.384. The van der Waals surface area contributed by atoms with E-state index in [1.807, 2.05) is 0 Å². The van der Waals surface area contributed by atoms with E-state index in [0.717, 1.165) is 11.3 Å². The molecule has 3 heterocycles. The van der Waals surface area contributed by atoms with Crippen LogP contribution in [0, 0.1) is 10.1 Å². The SMILES string of the molecule is CCOC(=O)C1=C(C)N=c2s/c(=C\c3ccco3)c(=O)n2[C@H]1c1cccc([N+](=O)[O-])c1. The summed E-state index contributed by atoms with van der Waals surface area (Å²) in [5.74, 6) is -0.126. The van der Waals surface area contributed by atoms with Gasteiger partial charge in [0.05, 0.1) is 39.6 Å². The minimum absolute atomic E-state index is 0.139. The molecule has 0 radical (unpaired) electrons. The highest BCUT2D eigenvalue weighted by atomic mass is 32.1. The molecular formula is C21H17N3O6S. The van der Waals surface area contributed by atoms with Gasteiger partial charge in [-0.25, -0.2) is 9.79 Å². The number of nitro groups is 1. The van der Waals surface area contributed by atoms with Gasteiger partial charge in [0.1, 0.15) is 5.76 Å². The lowest BCUT2D eigenvalue weighted by atomic mass is 9.95. The topological polar surface area (TPSA) is 117 Å². The van der Waals surface area contributed by atoms with Crippen LogP contribution < -0.4 is 14.9 Å². The third kappa shape index (κ3) is 3.73. The lowest BCUT2D eigenvalue weighted by Crippen LogP contribution is -2.39. The van der Waals surface area contributed by atoms with Gasteiger partial charge in [-0.05, 0) is 31.5 Å². The third-order valence-corrected chi connectivity index (χ3v) is 5.71. The van der Waals surface area contributed by atoms with E-state index in [2.05, 4.69) is 4.99 Å². The number of ether oxygens (including phenoxy) is 1. The van der Waals surface area contributed by atoms with E-state index in [0.29, 0.717) is 26.4 Å². The molecule has 2 aromatic heterocycles. The Hall–Kier alpha value is -3.79. The lowest BCUT2D eigenvalue weighted by Gasteiger charge is -2.24. The van der Waals surface area contributed by atoms with Gasteiger partial charge in [0.25, 0.3) is 11.2 Å². The number of carbonyl (C=O) groups is 1. The number of allylic oxidation sites excluding steroid dienone is 1. The van der Waals surface area contributed by atoms with Crippen LogP contribution in [0.1, 0.15) is 31.2 Å². The Morgan fingerprint density at radius 3 is 2.87 bits per heavy atom. The molecule has 4 rings (SSSR count). The van der Waals surface area contributed by atoms with E-state index in [1.165, 1.54) is 29.0 Å². The number of carbonyl (C=O) groups excluding carboxylic acids is 1. The molecule has 1 aliphatic heterocycles. The normalized spacial score (nSPS) is 16.1. The molecule has 0 N–H and O–H groups in total. The van der Waals surface area contributed by atoms with Gasteiger partial charge in [0.2, 0.25) is 0 Å². The monoisotopic (exact) mass is 439 g/mol. The van der Waals surface area contributed by atoms with Gasteiger partial charge >= 0.3 is 5.97 Å². The van der Waals surface area contributed by atoms with Crippen LogP contribution >= 0.6 is 11.3 Å². The van der Waals surface area contributed by atoms with Crippen LogP contribution in [0.25, 0.3) is 6.08 Å². The summed E-state index contributed by atoms with van der Waals surface area (Å²) < 4.78 is 12.2. The molecule has 0 aliphatic carbocycles. The van der Waals surface area contributed by atoms with Gasteiger partial charge in [0.15, 0.2) is 4.80 Å². The number of non-ortho nitro benzene ring substituents is 1. The maximum absolute atomic E-state index is 13.3. The zero-order chi connectivity index (χ0) is 22.1. The van der Waals surface area contributed by atoms with Crippen LogP contribution in [-0.4, -0.2) is 22.1 Å². The number of hydrogen-bond donors (Lipinski definition) is 0. The smallest absolute Gasteiger partial charge is 0.338 e. The van der Waals surface area contributed by atoms with Gasteiger partial charge < -0.3 is 9.15 Å². The van der Waals surface area contributed by atoms with Gasteiger partial charge in [-0.1, -0.05) is 23.5 Å². The Labute approximate surface area is 179 Å². The molecule has 0 spiro atoms. The second-order valence-corrected chi connectivity index (χ2v) is 7.68. The molecule has 1 aliphatic rings. The minimum Gasteiger partial charge on any atom is -0.465 e. The predicted octanol–water partition coefficient (Wildman–Crippen LogP) is 2.30. The number of nitro benzene ring substituents is 1. The van der Waals surface area contributed by atoms with Crippen molar-refractivity contribution in [2.45, 2.75) is 19.9 Å². The molecule has 158 valence electrons. The molecule has 3 aromatic rings. The van der Waals surface area contributed by atoms with Crippen molar-refractivity contribution in [3.05, 3.63) is 95.1 Å². The number of nitrogens with zero attached hydrogens (tertiary/aromatic N) is 3. The highest BCUT2D eigenvalue weighted by molar-refractivity contribution is 7.07. The summed E-state index contributed by atoms with van der Waals surface area (Å²) in [6.45, 7) is 3.47. The highest BCUT2D eigenvalue weighted by Gasteiger charge is 2.34. The average Bonchev–Trinajstić information content (AvgIpc) is 3.35. The maximum atomic E-state index is 13.3. The molecule has 0 bridgehead atoms. The summed E-state index contributed by atoms with van der Waals surface area (Å²) in [6.07, 6.45) is 3.09. The first kappa shape index (κ1) is 20.5. The van der Waals surface area contributed by atoms with Gasteiger partial charge in [-0.15, -0.1) is 0 Å². The average molecular weight is 439 g/mol. The predicted molar refractivity (Wildman–Crippen MR) is 112 cm³/mol. The minimum atomic E-state index is -0.908. The summed E-state index contributed by atoms with van der Waals surface area (Å²) in [5, 5.41) is 11.3. The number of esters is 1. The third-order valence-electron chi connectivity index (χ3n) is 4.73. The number of thiazole rings is 1. The molecule has 0 saturated heterocycles. The summed E-state index contributed by atoms with van der Waals surface area (Å²) in [6, 6.07) is 8.37. The standard InChI is InChI=1S/C21H17N3O6S/c1-3-29-20(26)17-12(2)22-21-23(18(17)13-6-4-7-14(10-13)24(27)28)19(25)16(31-21)11-15-8-5-9-30-15/h4-11,18H,3H2,1-2H3/b16-11-/t18-/m0/s1. The summed E-state index contributed by atoms with van der Waals surface area (Å²) in [7, 11) is 0. The van der Waals surface area contributed by atoms with Gasteiger partial charge in [-0.3, -0.25) is 19.5 Å². The Bertz CT molecular complexity index is 1380. The number of benzene rings is 1. The van der Waals surface area contributed by atoms with E-state index >= 15 is 0 Å². The first-order chi connectivity index (χ1) is 14.9. The van der Waals surface area contributed by atoms with E-state index in [-0.39, 0.29) is 23.4 Å². The zero-order valence-corrected chi connectivity index (χ0v) is 17.4. The van der Waals surface area contributed by atoms with Crippen LogP contribution in [0.3, 0.4) is 0 Å². The van der Waals surface area contributed by atoms with E-state index in [1.54, 1.807) is 38.1 Å². The number of fused-ring (bicyclic) bond motifs is 1. The van der Waals surface area contributed by atoms with Crippen molar-refractivity contribution in [1.29, 1.82) is 0 Å². The van der Waals surface area contributed by atoms with Crippen LogP contribution in [0.2, 0.25) is 0 Å². The Kier molecular flexibility index (Phi) is 5.38. The van der Waals surface area contributed by atoms with Crippen molar-refractivity contribution in [2.24, 2.45) is 4.99 Å². The van der Waals surface area contributed by atoms with Crippen molar-refractivity contribution < 1.29 is 18.9 Å². The maximum Gasteiger partial charge on any atom is 0.338 e. The summed E-state index contributed by atoms with van der Waals surface area (Å²) in [4.78, 5) is 41.7. The molecule has 10 heteroatoms.